The lowest BCUT2D eigenvalue weighted by Gasteiger charge is -1.96. The van der Waals surface area contributed by atoms with Gasteiger partial charge in [-0.25, -0.2) is 9.59 Å². The lowest BCUT2D eigenvalue weighted by Crippen LogP contribution is -2.10. The van der Waals surface area contributed by atoms with E-state index in [0.29, 0.717) is 12.2 Å². The maximum atomic E-state index is 9.55. The SMILES string of the molecule is CNCCc1ccccn1.O=C(O)C=CC(=O)O. The number of nitrogens with zero attached hydrogens (tertiary/aromatic N) is 1. The summed E-state index contributed by atoms with van der Waals surface area (Å²) in [6, 6.07) is 5.98. The van der Waals surface area contributed by atoms with Crippen LogP contribution in [0.1, 0.15) is 5.69 Å². The highest BCUT2D eigenvalue weighted by molar-refractivity contribution is 5.89. The number of carbonyl (C=O) groups is 2. The molecule has 0 saturated heterocycles. The number of carboxylic acid groups (broad SMARTS) is 2. The van der Waals surface area contributed by atoms with E-state index in [0.717, 1.165) is 18.7 Å². The Morgan fingerprint density at radius 2 is 1.89 bits per heavy atom. The fourth-order valence-electron chi connectivity index (χ4n) is 0.942. The topological polar surface area (TPSA) is 99.5 Å². The smallest absolute Gasteiger partial charge is 0.328 e. The molecule has 0 atom stereocenters. The molecule has 3 N–H and O–H groups in total. The van der Waals surface area contributed by atoms with Crippen molar-refractivity contribution < 1.29 is 19.8 Å². The summed E-state index contributed by atoms with van der Waals surface area (Å²) < 4.78 is 0. The highest BCUT2D eigenvalue weighted by atomic mass is 16.4. The van der Waals surface area contributed by atoms with E-state index in [9.17, 15) is 9.59 Å². The summed E-state index contributed by atoms with van der Waals surface area (Å²) in [5, 5.41) is 18.7. The van der Waals surface area contributed by atoms with E-state index in [4.69, 9.17) is 10.2 Å². The normalized spacial score (nSPS) is 9.61. The van der Waals surface area contributed by atoms with E-state index in [1.54, 1.807) is 0 Å². The highest BCUT2D eigenvalue weighted by Gasteiger charge is 1.89. The second kappa shape index (κ2) is 9.98. The molecule has 1 heterocycles. The molecule has 0 aromatic carbocycles. The molecular weight excluding hydrogens is 236 g/mol. The predicted octanol–water partition coefficient (Wildman–Crippen LogP) is 0.555. The summed E-state index contributed by atoms with van der Waals surface area (Å²) in [4.78, 5) is 23.3. The van der Waals surface area contributed by atoms with E-state index in [-0.39, 0.29) is 0 Å². The van der Waals surface area contributed by atoms with Crippen molar-refractivity contribution in [3.8, 4) is 0 Å². The third kappa shape index (κ3) is 10.3. The van der Waals surface area contributed by atoms with Crippen molar-refractivity contribution in [2.75, 3.05) is 13.6 Å². The fraction of sp³-hybridized carbons (Fsp3) is 0.250. The van der Waals surface area contributed by atoms with Crippen LogP contribution in [0, 0.1) is 0 Å². The van der Waals surface area contributed by atoms with E-state index in [1.165, 1.54) is 0 Å². The number of likely N-dealkylation sites (N-methyl/N-ethyl adjacent to an activating group) is 1. The number of aromatic nitrogens is 1. The van der Waals surface area contributed by atoms with Crippen molar-refractivity contribution in [1.29, 1.82) is 0 Å². The zero-order chi connectivity index (χ0) is 13.8. The van der Waals surface area contributed by atoms with Gasteiger partial charge in [0.05, 0.1) is 0 Å². The second-order valence-electron chi connectivity index (χ2n) is 3.18. The van der Waals surface area contributed by atoms with Crippen LogP contribution in [0.15, 0.2) is 36.5 Å². The Labute approximate surface area is 105 Å². The summed E-state index contributed by atoms with van der Waals surface area (Å²) in [7, 11) is 1.95. The van der Waals surface area contributed by atoms with Crippen molar-refractivity contribution >= 4 is 11.9 Å². The summed E-state index contributed by atoms with van der Waals surface area (Å²) in [5.74, 6) is -2.51. The summed E-state index contributed by atoms with van der Waals surface area (Å²) >= 11 is 0. The number of hydrogen-bond acceptors (Lipinski definition) is 4. The third-order valence-corrected chi connectivity index (χ3v) is 1.73. The minimum atomic E-state index is -1.26. The van der Waals surface area contributed by atoms with Crippen LogP contribution >= 0.6 is 0 Å². The molecule has 0 saturated carbocycles. The number of nitrogens with one attached hydrogen (secondary N) is 1. The van der Waals surface area contributed by atoms with Crippen molar-refractivity contribution in [2.45, 2.75) is 6.42 Å². The van der Waals surface area contributed by atoms with Gasteiger partial charge in [0.15, 0.2) is 0 Å². The Balaban J connectivity index is 0.000000331. The molecule has 0 spiro atoms. The van der Waals surface area contributed by atoms with Crippen LogP contribution in [0.4, 0.5) is 0 Å². The van der Waals surface area contributed by atoms with Gasteiger partial charge in [0, 0.05) is 37.0 Å². The molecule has 0 fully saturated rings. The Morgan fingerprint density at radius 1 is 1.28 bits per heavy atom. The van der Waals surface area contributed by atoms with E-state index < -0.39 is 11.9 Å². The maximum absolute atomic E-state index is 9.55. The van der Waals surface area contributed by atoms with Crippen LogP contribution in [0.5, 0.6) is 0 Å². The lowest BCUT2D eigenvalue weighted by molar-refractivity contribution is -0.134. The van der Waals surface area contributed by atoms with E-state index >= 15 is 0 Å². The molecule has 18 heavy (non-hydrogen) atoms. The first-order valence-corrected chi connectivity index (χ1v) is 5.24. The van der Waals surface area contributed by atoms with Crippen molar-refractivity contribution in [3.63, 3.8) is 0 Å². The Hall–Kier alpha value is -2.21. The Bertz CT molecular complexity index is 374. The third-order valence-electron chi connectivity index (χ3n) is 1.73. The molecule has 0 radical (unpaired) electrons. The summed E-state index contributed by atoms with van der Waals surface area (Å²) in [6.07, 6.45) is 3.95. The molecule has 0 aliphatic heterocycles. The summed E-state index contributed by atoms with van der Waals surface area (Å²) in [6.45, 7) is 0.997. The van der Waals surface area contributed by atoms with Crippen LogP contribution in [0.25, 0.3) is 0 Å². The van der Waals surface area contributed by atoms with Gasteiger partial charge >= 0.3 is 11.9 Å². The predicted molar refractivity (Wildman–Crippen MR) is 66.3 cm³/mol. The van der Waals surface area contributed by atoms with Gasteiger partial charge in [0.1, 0.15) is 0 Å². The molecule has 0 unspecified atom stereocenters. The number of pyridine rings is 1. The summed E-state index contributed by atoms with van der Waals surface area (Å²) in [5.41, 5.74) is 1.15. The molecule has 0 bridgehead atoms. The van der Waals surface area contributed by atoms with Crippen LogP contribution in [0.3, 0.4) is 0 Å². The Kier molecular flexibility index (Phi) is 8.75. The minimum absolute atomic E-state index is 0.558. The number of aliphatic carboxylic acids is 2. The Morgan fingerprint density at radius 3 is 2.28 bits per heavy atom. The molecule has 98 valence electrons. The monoisotopic (exact) mass is 252 g/mol. The molecule has 0 aliphatic rings. The molecule has 1 aromatic heterocycles. The minimum Gasteiger partial charge on any atom is -0.478 e. The average molecular weight is 252 g/mol. The molecule has 6 nitrogen and oxygen atoms in total. The van der Waals surface area contributed by atoms with E-state index in [1.807, 2.05) is 31.4 Å². The van der Waals surface area contributed by atoms with Crippen LogP contribution < -0.4 is 5.32 Å². The van der Waals surface area contributed by atoms with Gasteiger partial charge in [-0.05, 0) is 19.2 Å². The average Bonchev–Trinajstić information content (AvgIpc) is 2.36. The first kappa shape index (κ1) is 15.8. The zero-order valence-corrected chi connectivity index (χ0v) is 10.0. The zero-order valence-electron chi connectivity index (χ0n) is 10.0. The number of carboxylic acids is 2. The number of hydrogen-bond donors (Lipinski definition) is 3. The second-order valence-corrected chi connectivity index (χ2v) is 3.18. The van der Waals surface area contributed by atoms with Gasteiger partial charge in [0.25, 0.3) is 0 Å². The van der Waals surface area contributed by atoms with Gasteiger partial charge in [-0.3, -0.25) is 4.98 Å². The molecule has 1 aromatic rings. The van der Waals surface area contributed by atoms with Gasteiger partial charge < -0.3 is 15.5 Å². The van der Waals surface area contributed by atoms with Gasteiger partial charge in [-0.15, -0.1) is 0 Å². The van der Waals surface area contributed by atoms with Crippen LogP contribution in [-0.2, 0) is 16.0 Å². The quantitative estimate of drug-likeness (QED) is 0.662. The van der Waals surface area contributed by atoms with Gasteiger partial charge in [-0.1, -0.05) is 6.07 Å². The molecule has 6 heteroatoms. The first-order valence-electron chi connectivity index (χ1n) is 5.24. The largest absolute Gasteiger partial charge is 0.478 e. The fourth-order valence-corrected chi connectivity index (χ4v) is 0.942. The van der Waals surface area contributed by atoms with E-state index in [2.05, 4.69) is 10.3 Å². The van der Waals surface area contributed by atoms with Crippen molar-refractivity contribution in [2.24, 2.45) is 0 Å². The standard InChI is InChI=1S/C8H12N2.C4H4O4/c1-9-7-5-8-4-2-3-6-10-8;5-3(6)1-2-4(7)8/h2-4,6,9H,5,7H2,1H3;1-2H,(H,5,6)(H,7,8). The van der Waals surface area contributed by atoms with Crippen molar-refractivity contribution in [3.05, 3.63) is 42.2 Å². The maximum Gasteiger partial charge on any atom is 0.328 e. The molecular formula is C12H16N2O4. The van der Waals surface area contributed by atoms with Crippen molar-refractivity contribution in [1.82, 2.24) is 10.3 Å². The molecule has 0 amide bonds. The van der Waals surface area contributed by atoms with Gasteiger partial charge in [0.2, 0.25) is 0 Å². The lowest BCUT2D eigenvalue weighted by atomic mass is 10.3. The molecule has 1 rings (SSSR count). The highest BCUT2D eigenvalue weighted by Crippen LogP contribution is 1.92. The van der Waals surface area contributed by atoms with Gasteiger partial charge in [-0.2, -0.15) is 0 Å². The molecule has 0 aliphatic carbocycles. The first-order chi connectivity index (χ1) is 8.56. The van der Waals surface area contributed by atoms with Crippen LogP contribution in [0.2, 0.25) is 0 Å². The number of rotatable bonds is 5. The van der Waals surface area contributed by atoms with Crippen LogP contribution in [-0.4, -0.2) is 40.7 Å².